The van der Waals surface area contributed by atoms with Gasteiger partial charge in [-0.2, -0.15) is 0 Å². The molecule has 2 aromatic carbocycles. The van der Waals surface area contributed by atoms with Gasteiger partial charge in [0.25, 0.3) is 0 Å². The number of benzene rings is 2. The summed E-state index contributed by atoms with van der Waals surface area (Å²) in [5, 5.41) is 9.22. The average molecular weight is 215 g/mol. The monoisotopic (exact) mass is 215 g/mol. The zero-order valence-corrected chi connectivity index (χ0v) is 8.97. The predicted molar refractivity (Wildman–Crippen MR) is 64.5 cm³/mol. The Morgan fingerprint density at radius 3 is 2.38 bits per heavy atom. The van der Waals surface area contributed by atoms with Crippen LogP contribution in [0.1, 0.15) is 0 Å². The van der Waals surface area contributed by atoms with Crippen molar-refractivity contribution in [1.82, 2.24) is 0 Å². The van der Waals surface area contributed by atoms with Gasteiger partial charge in [-0.1, -0.05) is 12.1 Å². The highest BCUT2D eigenvalue weighted by Crippen LogP contribution is 2.32. The van der Waals surface area contributed by atoms with Gasteiger partial charge in [0.05, 0.1) is 7.11 Å². The van der Waals surface area contributed by atoms with Crippen molar-refractivity contribution in [3.8, 4) is 22.6 Å². The number of rotatable bonds is 2. The van der Waals surface area contributed by atoms with Crippen LogP contribution in [0.25, 0.3) is 11.1 Å². The van der Waals surface area contributed by atoms with E-state index in [4.69, 9.17) is 10.5 Å². The van der Waals surface area contributed by atoms with Crippen molar-refractivity contribution >= 4 is 5.69 Å². The summed E-state index contributed by atoms with van der Waals surface area (Å²) in [6.45, 7) is 0. The van der Waals surface area contributed by atoms with E-state index in [1.807, 2.05) is 24.3 Å². The first kappa shape index (κ1) is 10.4. The maximum absolute atomic E-state index is 9.22. The molecule has 0 saturated carbocycles. The second kappa shape index (κ2) is 4.14. The molecule has 82 valence electrons. The van der Waals surface area contributed by atoms with E-state index in [9.17, 15) is 5.11 Å². The summed E-state index contributed by atoms with van der Waals surface area (Å²) in [4.78, 5) is 0. The van der Waals surface area contributed by atoms with Crippen LogP contribution in [0, 0.1) is 0 Å². The Morgan fingerprint density at radius 1 is 1.06 bits per heavy atom. The fourth-order valence-electron chi connectivity index (χ4n) is 1.59. The van der Waals surface area contributed by atoms with Gasteiger partial charge in [-0.05, 0) is 29.8 Å². The van der Waals surface area contributed by atoms with Gasteiger partial charge in [-0.3, -0.25) is 0 Å². The molecule has 0 fully saturated rings. The van der Waals surface area contributed by atoms with E-state index in [0.717, 1.165) is 16.9 Å². The molecular weight excluding hydrogens is 202 g/mol. The van der Waals surface area contributed by atoms with E-state index in [2.05, 4.69) is 0 Å². The van der Waals surface area contributed by atoms with Crippen LogP contribution >= 0.6 is 0 Å². The van der Waals surface area contributed by atoms with E-state index in [1.165, 1.54) is 0 Å². The lowest BCUT2D eigenvalue weighted by atomic mass is 10.0. The maximum atomic E-state index is 9.22. The molecule has 0 amide bonds. The highest BCUT2D eigenvalue weighted by Gasteiger charge is 2.05. The number of nitrogens with two attached hydrogens (primary N) is 1. The Balaban J connectivity index is 2.51. The number of hydrogen-bond acceptors (Lipinski definition) is 3. The molecule has 0 radical (unpaired) electrons. The lowest BCUT2D eigenvalue weighted by molar-refractivity contribution is 0.416. The minimum Gasteiger partial charge on any atom is -0.508 e. The Bertz CT molecular complexity index is 492. The van der Waals surface area contributed by atoms with Gasteiger partial charge in [-0.25, -0.2) is 0 Å². The van der Waals surface area contributed by atoms with Crippen LogP contribution in [0.5, 0.6) is 11.5 Å². The van der Waals surface area contributed by atoms with Gasteiger partial charge in [0.2, 0.25) is 0 Å². The number of ether oxygens (including phenoxy) is 1. The van der Waals surface area contributed by atoms with Gasteiger partial charge in [0.1, 0.15) is 11.5 Å². The van der Waals surface area contributed by atoms with Crippen molar-refractivity contribution in [2.24, 2.45) is 0 Å². The number of aromatic hydroxyl groups is 1. The summed E-state index contributed by atoms with van der Waals surface area (Å²) in [5.74, 6) is 0.976. The lowest BCUT2D eigenvalue weighted by Crippen LogP contribution is -1.91. The Hall–Kier alpha value is -2.16. The molecule has 0 spiro atoms. The molecule has 0 heterocycles. The maximum Gasteiger partial charge on any atom is 0.128 e. The second-order valence-electron chi connectivity index (χ2n) is 3.51. The van der Waals surface area contributed by atoms with Crippen LogP contribution < -0.4 is 10.5 Å². The molecule has 3 nitrogen and oxygen atoms in total. The molecule has 3 heteroatoms. The van der Waals surface area contributed by atoms with Crippen LogP contribution in [0.4, 0.5) is 5.69 Å². The number of methoxy groups -OCH3 is 1. The summed E-state index contributed by atoms with van der Waals surface area (Å²) < 4.78 is 5.27. The zero-order valence-electron chi connectivity index (χ0n) is 8.97. The predicted octanol–water partition coefficient (Wildman–Crippen LogP) is 2.65. The van der Waals surface area contributed by atoms with Crippen LogP contribution in [0.15, 0.2) is 42.5 Å². The molecule has 0 unspecified atom stereocenters. The first-order valence-corrected chi connectivity index (χ1v) is 4.93. The van der Waals surface area contributed by atoms with E-state index < -0.39 is 0 Å². The second-order valence-corrected chi connectivity index (χ2v) is 3.51. The Labute approximate surface area is 94.1 Å². The SMILES string of the molecule is COc1cc(N)ccc1-c1ccc(O)cc1. The van der Waals surface area contributed by atoms with Crippen molar-refractivity contribution in [2.45, 2.75) is 0 Å². The van der Waals surface area contributed by atoms with Gasteiger partial charge in [-0.15, -0.1) is 0 Å². The van der Waals surface area contributed by atoms with Gasteiger partial charge < -0.3 is 15.6 Å². The van der Waals surface area contributed by atoms with Crippen LogP contribution in [-0.4, -0.2) is 12.2 Å². The smallest absolute Gasteiger partial charge is 0.128 e. The topological polar surface area (TPSA) is 55.5 Å². The molecule has 0 aliphatic rings. The number of anilines is 1. The lowest BCUT2D eigenvalue weighted by Gasteiger charge is -2.09. The Kier molecular flexibility index (Phi) is 2.68. The highest BCUT2D eigenvalue weighted by atomic mass is 16.5. The van der Waals surface area contributed by atoms with Crippen LogP contribution in [0.2, 0.25) is 0 Å². The van der Waals surface area contributed by atoms with Crippen molar-refractivity contribution in [3.05, 3.63) is 42.5 Å². The molecule has 0 aliphatic carbocycles. The third-order valence-corrected chi connectivity index (χ3v) is 2.40. The number of phenols is 1. The van der Waals surface area contributed by atoms with E-state index >= 15 is 0 Å². The van der Waals surface area contributed by atoms with Gasteiger partial charge in [0, 0.05) is 17.3 Å². The Morgan fingerprint density at radius 2 is 1.75 bits per heavy atom. The first-order valence-electron chi connectivity index (χ1n) is 4.93. The van der Waals surface area contributed by atoms with Gasteiger partial charge in [0.15, 0.2) is 0 Å². The quantitative estimate of drug-likeness (QED) is 0.757. The van der Waals surface area contributed by atoms with Crippen molar-refractivity contribution < 1.29 is 9.84 Å². The number of nitrogen functional groups attached to an aromatic ring is 1. The molecule has 2 rings (SSSR count). The molecule has 3 N–H and O–H groups in total. The first-order chi connectivity index (χ1) is 7.70. The summed E-state index contributed by atoms with van der Waals surface area (Å²) in [6, 6.07) is 12.5. The molecule has 16 heavy (non-hydrogen) atoms. The summed E-state index contributed by atoms with van der Waals surface area (Å²) in [5.41, 5.74) is 8.29. The largest absolute Gasteiger partial charge is 0.508 e. The molecule has 0 saturated heterocycles. The van der Waals surface area contributed by atoms with Crippen LogP contribution in [-0.2, 0) is 0 Å². The molecular formula is C13H13NO2. The zero-order chi connectivity index (χ0) is 11.5. The fourth-order valence-corrected chi connectivity index (χ4v) is 1.59. The molecule has 0 bridgehead atoms. The summed E-state index contributed by atoms with van der Waals surface area (Å²) in [6.07, 6.45) is 0. The minimum absolute atomic E-state index is 0.248. The fraction of sp³-hybridized carbons (Fsp3) is 0.0769. The molecule has 2 aromatic rings. The summed E-state index contributed by atoms with van der Waals surface area (Å²) in [7, 11) is 1.61. The molecule has 0 atom stereocenters. The molecule has 0 aromatic heterocycles. The van der Waals surface area contributed by atoms with Crippen LogP contribution in [0.3, 0.4) is 0 Å². The van der Waals surface area contributed by atoms with E-state index in [1.54, 1.807) is 25.3 Å². The van der Waals surface area contributed by atoms with E-state index in [-0.39, 0.29) is 5.75 Å². The van der Waals surface area contributed by atoms with Crippen molar-refractivity contribution in [2.75, 3.05) is 12.8 Å². The average Bonchev–Trinajstić information content (AvgIpc) is 2.30. The third kappa shape index (κ3) is 1.93. The number of hydrogen-bond donors (Lipinski definition) is 2. The van der Waals surface area contributed by atoms with Crippen molar-refractivity contribution in [3.63, 3.8) is 0 Å². The standard InChI is InChI=1S/C13H13NO2/c1-16-13-8-10(14)4-7-12(13)9-2-5-11(15)6-3-9/h2-8,15H,14H2,1H3. The number of phenolic OH excluding ortho intramolecular Hbond substituents is 1. The van der Waals surface area contributed by atoms with E-state index in [0.29, 0.717) is 5.69 Å². The molecule has 0 aliphatic heterocycles. The minimum atomic E-state index is 0.248. The highest BCUT2D eigenvalue weighted by molar-refractivity contribution is 5.73. The normalized spacial score (nSPS) is 10.1. The summed E-state index contributed by atoms with van der Waals surface area (Å²) >= 11 is 0. The van der Waals surface area contributed by atoms with Gasteiger partial charge >= 0.3 is 0 Å². The van der Waals surface area contributed by atoms with Crippen molar-refractivity contribution in [1.29, 1.82) is 0 Å². The third-order valence-electron chi connectivity index (χ3n) is 2.40.